The molecule has 0 radical (unpaired) electrons. The van der Waals surface area contributed by atoms with Crippen molar-refractivity contribution in [1.82, 2.24) is 9.97 Å². The van der Waals surface area contributed by atoms with E-state index >= 15 is 0 Å². The molecule has 4 nitrogen and oxygen atoms in total. The normalized spacial score (nSPS) is 11.3. The van der Waals surface area contributed by atoms with Crippen molar-refractivity contribution in [1.29, 1.82) is 0 Å². The van der Waals surface area contributed by atoms with Crippen molar-refractivity contribution in [2.45, 2.75) is 26.2 Å². The number of nitrogens with two attached hydrogens (primary N) is 1. The summed E-state index contributed by atoms with van der Waals surface area (Å²) in [5.74, 6) is -0.578. The van der Waals surface area contributed by atoms with Gasteiger partial charge in [-0.2, -0.15) is 0 Å². The average molecular weight is 255 g/mol. The summed E-state index contributed by atoms with van der Waals surface area (Å²) in [5, 5.41) is 0. The van der Waals surface area contributed by atoms with E-state index in [4.69, 9.17) is 5.73 Å². The fourth-order valence-corrected chi connectivity index (χ4v) is 1.78. The molecule has 2 N–H and O–H groups in total. The van der Waals surface area contributed by atoms with Crippen LogP contribution in [0, 0.1) is 0 Å². The average Bonchev–Trinajstić information content (AvgIpc) is 2.38. The molecule has 0 saturated carbocycles. The number of rotatable bonds is 2. The number of benzene rings is 1. The van der Waals surface area contributed by atoms with Crippen LogP contribution in [0.5, 0.6) is 0 Å². The molecule has 19 heavy (non-hydrogen) atoms. The van der Waals surface area contributed by atoms with E-state index in [2.05, 4.69) is 42.9 Å². The molecule has 2 aromatic rings. The minimum Gasteiger partial charge on any atom is -0.363 e. The number of carbonyl (C=O) groups is 1. The molecule has 0 bridgehead atoms. The molecule has 1 aromatic carbocycles. The number of hydrogen-bond acceptors (Lipinski definition) is 3. The van der Waals surface area contributed by atoms with Crippen molar-refractivity contribution in [2.75, 3.05) is 0 Å². The lowest BCUT2D eigenvalue weighted by atomic mass is 9.86. The van der Waals surface area contributed by atoms with Gasteiger partial charge in [-0.1, -0.05) is 45.0 Å². The van der Waals surface area contributed by atoms with Crippen LogP contribution in [0.4, 0.5) is 0 Å². The molecule has 0 atom stereocenters. The summed E-state index contributed by atoms with van der Waals surface area (Å²) in [6.07, 6.45) is 1.54. The zero-order valence-electron chi connectivity index (χ0n) is 11.3. The number of hydrogen-bond donors (Lipinski definition) is 1. The van der Waals surface area contributed by atoms with Gasteiger partial charge in [0.25, 0.3) is 5.91 Å². The Labute approximate surface area is 112 Å². The number of amides is 1. The molecular weight excluding hydrogens is 238 g/mol. The van der Waals surface area contributed by atoms with Gasteiger partial charge >= 0.3 is 0 Å². The van der Waals surface area contributed by atoms with E-state index < -0.39 is 5.91 Å². The van der Waals surface area contributed by atoms with Crippen LogP contribution in [0.3, 0.4) is 0 Å². The maximum absolute atomic E-state index is 11.1. The van der Waals surface area contributed by atoms with Gasteiger partial charge in [0.05, 0.1) is 5.69 Å². The van der Waals surface area contributed by atoms with Crippen molar-refractivity contribution < 1.29 is 4.79 Å². The lowest BCUT2D eigenvalue weighted by molar-refractivity contribution is 0.0990. The molecule has 0 unspecified atom stereocenters. The van der Waals surface area contributed by atoms with Gasteiger partial charge in [-0.25, -0.2) is 9.97 Å². The third-order valence-electron chi connectivity index (χ3n) is 2.92. The Kier molecular flexibility index (Phi) is 3.34. The Morgan fingerprint density at radius 2 is 1.74 bits per heavy atom. The first kappa shape index (κ1) is 13.2. The summed E-state index contributed by atoms with van der Waals surface area (Å²) in [4.78, 5) is 19.1. The van der Waals surface area contributed by atoms with E-state index in [1.807, 2.05) is 12.1 Å². The minimum absolute atomic E-state index is 0.0393. The third kappa shape index (κ3) is 2.96. The van der Waals surface area contributed by atoms with Gasteiger partial charge in [0.1, 0.15) is 0 Å². The van der Waals surface area contributed by atoms with Crippen molar-refractivity contribution in [3.63, 3.8) is 0 Å². The molecule has 0 aliphatic carbocycles. The second-order valence-electron chi connectivity index (χ2n) is 5.46. The highest BCUT2D eigenvalue weighted by atomic mass is 16.1. The molecule has 4 heteroatoms. The van der Waals surface area contributed by atoms with Gasteiger partial charge in [0.2, 0.25) is 5.82 Å². The Bertz CT molecular complexity index is 598. The second kappa shape index (κ2) is 4.80. The highest BCUT2D eigenvalue weighted by molar-refractivity contribution is 5.89. The molecule has 1 amide bonds. The summed E-state index contributed by atoms with van der Waals surface area (Å²) in [6.45, 7) is 6.49. The van der Waals surface area contributed by atoms with Gasteiger partial charge < -0.3 is 5.73 Å². The first-order chi connectivity index (χ1) is 8.88. The number of nitrogens with zero attached hydrogens (tertiary/aromatic N) is 2. The van der Waals surface area contributed by atoms with Crippen molar-refractivity contribution >= 4 is 5.91 Å². The Balaban J connectivity index is 2.37. The van der Waals surface area contributed by atoms with Gasteiger partial charge in [-0.3, -0.25) is 4.79 Å². The Hall–Kier alpha value is -2.23. The van der Waals surface area contributed by atoms with Crippen LogP contribution in [0.2, 0.25) is 0 Å². The van der Waals surface area contributed by atoms with Crippen molar-refractivity contribution in [3.8, 4) is 11.3 Å². The predicted molar refractivity (Wildman–Crippen MR) is 74.7 cm³/mol. The van der Waals surface area contributed by atoms with E-state index in [1.54, 1.807) is 12.3 Å². The molecule has 1 aromatic heterocycles. The fraction of sp³-hybridized carbons (Fsp3) is 0.267. The quantitative estimate of drug-likeness (QED) is 0.896. The number of carbonyl (C=O) groups excluding carboxylic acids is 1. The Morgan fingerprint density at radius 3 is 2.26 bits per heavy atom. The number of primary amides is 1. The molecule has 1 heterocycles. The number of aromatic nitrogens is 2. The minimum atomic E-state index is -0.617. The van der Waals surface area contributed by atoms with Crippen LogP contribution in [-0.4, -0.2) is 15.9 Å². The molecule has 0 spiro atoms. The molecule has 98 valence electrons. The molecule has 2 rings (SSSR count). The molecule has 0 fully saturated rings. The lowest BCUT2D eigenvalue weighted by Gasteiger charge is -2.19. The van der Waals surface area contributed by atoms with Gasteiger partial charge in [0.15, 0.2) is 0 Å². The lowest BCUT2D eigenvalue weighted by Crippen LogP contribution is -2.15. The molecule has 0 aliphatic rings. The summed E-state index contributed by atoms with van der Waals surface area (Å²) < 4.78 is 0. The van der Waals surface area contributed by atoms with Gasteiger partial charge in [0, 0.05) is 11.8 Å². The van der Waals surface area contributed by atoms with E-state index in [0.717, 1.165) is 5.56 Å². The van der Waals surface area contributed by atoms with Crippen LogP contribution >= 0.6 is 0 Å². The summed E-state index contributed by atoms with van der Waals surface area (Å²) >= 11 is 0. The zero-order chi connectivity index (χ0) is 14.0. The standard InChI is InChI=1S/C15H17N3O/c1-15(2,3)11-6-4-10(5-7-11)12-8-9-17-14(18-12)13(16)19/h4-9H,1-3H3,(H2,16,19). The maximum atomic E-state index is 11.1. The first-order valence-electron chi connectivity index (χ1n) is 6.12. The van der Waals surface area contributed by atoms with E-state index in [9.17, 15) is 4.79 Å². The molecule has 0 saturated heterocycles. The zero-order valence-corrected chi connectivity index (χ0v) is 11.3. The molecule has 0 aliphatic heterocycles. The van der Waals surface area contributed by atoms with Crippen LogP contribution < -0.4 is 5.73 Å². The third-order valence-corrected chi connectivity index (χ3v) is 2.92. The van der Waals surface area contributed by atoms with E-state index in [-0.39, 0.29) is 11.2 Å². The highest BCUT2D eigenvalue weighted by Crippen LogP contribution is 2.25. The second-order valence-corrected chi connectivity index (χ2v) is 5.46. The maximum Gasteiger partial charge on any atom is 0.286 e. The van der Waals surface area contributed by atoms with Crippen molar-refractivity contribution in [3.05, 3.63) is 47.9 Å². The predicted octanol–water partition coefficient (Wildman–Crippen LogP) is 2.54. The summed E-state index contributed by atoms with van der Waals surface area (Å²) in [7, 11) is 0. The first-order valence-corrected chi connectivity index (χ1v) is 6.12. The van der Waals surface area contributed by atoms with Gasteiger partial charge in [-0.05, 0) is 17.0 Å². The molecular formula is C15H17N3O. The summed E-state index contributed by atoms with van der Waals surface area (Å²) in [6, 6.07) is 9.89. The van der Waals surface area contributed by atoms with Crippen LogP contribution in [0.25, 0.3) is 11.3 Å². The van der Waals surface area contributed by atoms with Crippen molar-refractivity contribution in [2.24, 2.45) is 5.73 Å². The fourth-order valence-electron chi connectivity index (χ4n) is 1.78. The monoisotopic (exact) mass is 255 g/mol. The largest absolute Gasteiger partial charge is 0.363 e. The summed E-state index contributed by atoms with van der Waals surface area (Å²) in [5.41, 5.74) is 8.18. The van der Waals surface area contributed by atoms with Crippen LogP contribution in [0.1, 0.15) is 37.0 Å². The van der Waals surface area contributed by atoms with Crippen LogP contribution in [-0.2, 0) is 5.41 Å². The van der Waals surface area contributed by atoms with Gasteiger partial charge in [-0.15, -0.1) is 0 Å². The Morgan fingerprint density at radius 1 is 1.11 bits per heavy atom. The van der Waals surface area contributed by atoms with E-state index in [1.165, 1.54) is 5.56 Å². The highest BCUT2D eigenvalue weighted by Gasteiger charge is 2.13. The smallest absolute Gasteiger partial charge is 0.286 e. The van der Waals surface area contributed by atoms with Crippen LogP contribution in [0.15, 0.2) is 36.5 Å². The van der Waals surface area contributed by atoms with E-state index in [0.29, 0.717) is 5.69 Å². The SMILES string of the molecule is CC(C)(C)c1ccc(-c2ccnc(C(N)=O)n2)cc1. The topological polar surface area (TPSA) is 68.9 Å².